The van der Waals surface area contributed by atoms with Crippen molar-refractivity contribution in [3.63, 3.8) is 0 Å². The number of rotatable bonds is 0. The van der Waals surface area contributed by atoms with Crippen LogP contribution in [0.15, 0.2) is 41.8 Å². The Morgan fingerprint density at radius 2 is 2.08 bits per heavy atom. The summed E-state index contributed by atoms with van der Waals surface area (Å²) in [5.41, 5.74) is 0.817. The van der Waals surface area contributed by atoms with E-state index in [0.29, 0.717) is 6.61 Å². The second kappa shape index (κ2) is 3.76. The molecule has 0 aromatic heterocycles. The first kappa shape index (κ1) is 7.86. The summed E-state index contributed by atoms with van der Waals surface area (Å²) in [5, 5.41) is 0. The normalized spacial score (nSPS) is 14.5. The Hall–Kier alpha value is -1.77. The van der Waals surface area contributed by atoms with Crippen LogP contribution in [0.3, 0.4) is 0 Å². The summed E-state index contributed by atoms with van der Waals surface area (Å²) in [6, 6.07) is 7.58. The van der Waals surface area contributed by atoms with E-state index in [9.17, 15) is 0 Å². The van der Waals surface area contributed by atoms with E-state index in [4.69, 9.17) is 9.47 Å². The lowest BCUT2D eigenvalue weighted by molar-refractivity contribution is 0.292. The number of aliphatic imine (C=N–C) groups is 1. The summed E-state index contributed by atoms with van der Waals surface area (Å²) in [4.78, 5) is 4.19. The van der Waals surface area contributed by atoms with Crippen LogP contribution in [0.4, 0.5) is 5.69 Å². The number of benzene rings is 1. The van der Waals surface area contributed by atoms with Gasteiger partial charge in [-0.3, -0.25) is 4.99 Å². The summed E-state index contributed by atoms with van der Waals surface area (Å²) < 4.78 is 10.3. The van der Waals surface area contributed by atoms with Gasteiger partial charge in [0.25, 0.3) is 0 Å². The molecule has 66 valence electrons. The largest absolute Gasteiger partial charge is 0.492 e. The summed E-state index contributed by atoms with van der Waals surface area (Å²) in [5.74, 6) is 0.737. The van der Waals surface area contributed by atoms with Gasteiger partial charge in [-0.25, -0.2) is 0 Å². The maximum Gasteiger partial charge on any atom is 0.152 e. The van der Waals surface area contributed by atoms with E-state index in [1.807, 2.05) is 24.3 Å². The molecular weight excluding hydrogens is 166 g/mol. The third-order valence-electron chi connectivity index (χ3n) is 1.61. The third kappa shape index (κ3) is 1.87. The lowest BCUT2D eigenvalue weighted by atomic mass is 10.3. The summed E-state index contributed by atoms with van der Waals surface area (Å²) in [7, 11) is 0. The predicted octanol–water partition coefficient (Wildman–Crippen LogP) is 2.27. The molecule has 0 saturated carbocycles. The van der Waals surface area contributed by atoms with E-state index in [2.05, 4.69) is 4.99 Å². The lowest BCUT2D eigenvalue weighted by Crippen LogP contribution is -1.86. The van der Waals surface area contributed by atoms with Crippen molar-refractivity contribution >= 4 is 11.9 Å². The maximum absolute atomic E-state index is 5.29. The molecule has 0 N–H and O–H groups in total. The average molecular weight is 175 g/mol. The fourth-order valence-corrected chi connectivity index (χ4v) is 1.04. The first-order valence-corrected chi connectivity index (χ1v) is 4.01. The molecule has 3 heteroatoms. The zero-order valence-corrected chi connectivity index (χ0v) is 7.01. The van der Waals surface area contributed by atoms with Gasteiger partial charge < -0.3 is 9.47 Å². The molecule has 2 rings (SSSR count). The van der Waals surface area contributed by atoms with Crippen LogP contribution in [0.25, 0.3) is 0 Å². The first-order chi connectivity index (χ1) is 6.47. The smallest absolute Gasteiger partial charge is 0.152 e. The zero-order valence-electron chi connectivity index (χ0n) is 7.01. The van der Waals surface area contributed by atoms with Crippen LogP contribution in [-0.2, 0) is 4.74 Å². The van der Waals surface area contributed by atoms with E-state index in [0.717, 1.165) is 11.4 Å². The monoisotopic (exact) mass is 175 g/mol. The number of fused-ring (bicyclic) bond motifs is 1. The van der Waals surface area contributed by atoms with Gasteiger partial charge in [-0.2, -0.15) is 0 Å². The number of para-hydroxylation sites is 2. The molecule has 3 nitrogen and oxygen atoms in total. The molecule has 0 unspecified atom stereocenters. The highest BCUT2D eigenvalue weighted by Crippen LogP contribution is 2.26. The highest BCUT2D eigenvalue weighted by atomic mass is 16.5. The molecule has 1 aliphatic rings. The van der Waals surface area contributed by atoms with E-state index in [1.54, 1.807) is 6.21 Å². The van der Waals surface area contributed by atoms with Gasteiger partial charge in [0.1, 0.15) is 24.8 Å². The van der Waals surface area contributed by atoms with Gasteiger partial charge in [0, 0.05) is 6.21 Å². The number of hydrogen-bond donors (Lipinski definition) is 0. The molecular formula is C10H9NO2. The molecule has 1 heterocycles. The number of ether oxygens (including phenoxy) is 2. The molecule has 0 aliphatic carbocycles. The minimum atomic E-state index is 0.466. The van der Waals surface area contributed by atoms with Gasteiger partial charge in [-0.05, 0) is 12.1 Å². The van der Waals surface area contributed by atoms with Gasteiger partial charge in [0.2, 0.25) is 0 Å². The summed E-state index contributed by atoms with van der Waals surface area (Å²) >= 11 is 0. The SMILES string of the molecule is C1=COc2ccccc2N=CCO1. The highest BCUT2D eigenvalue weighted by Gasteiger charge is 1.99. The summed E-state index contributed by atoms with van der Waals surface area (Å²) in [6.07, 6.45) is 4.72. The van der Waals surface area contributed by atoms with Crippen LogP contribution in [0.2, 0.25) is 0 Å². The van der Waals surface area contributed by atoms with Crippen molar-refractivity contribution in [2.24, 2.45) is 4.99 Å². The topological polar surface area (TPSA) is 30.8 Å². The molecule has 0 fully saturated rings. The van der Waals surface area contributed by atoms with E-state index in [-0.39, 0.29) is 0 Å². The molecule has 0 atom stereocenters. The van der Waals surface area contributed by atoms with Crippen molar-refractivity contribution in [3.8, 4) is 5.75 Å². The predicted molar refractivity (Wildman–Crippen MR) is 50.3 cm³/mol. The molecule has 1 aliphatic heterocycles. The molecule has 0 radical (unpaired) electrons. The van der Waals surface area contributed by atoms with Crippen LogP contribution in [0.1, 0.15) is 0 Å². The Kier molecular flexibility index (Phi) is 2.27. The van der Waals surface area contributed by atoms with Gasteiger partial charge in [0.15, 0.2) is 5.75 Å². The van der Waals surface area contributed by atoms with Crippen LogP contribution in [0.5, 0.6) is 5.75 Å². The first-order valence-electron chi connectivity index (χ1n) is 4.01. The molecule has 0 amide bonds. The minimum absolute atomic E-state index is 0.466. The fraction of sp³-hybridized carbons (Fsp3) is 0.100. The molecule has 0 saturated heterocycles. The molecule has 1 aromatic rings. The third-order valence-corrected chi connectivity index (χ3v) is 1.61. The Morgan fingerprint density at radius 3 is 3.08 bits per heavy atom. The Bertz CT molecular complexity index is 345. The molecule has 1 aromatic carbocycles. The molecule has 0 bridgehead atoms. The number of hydrogen-bond acceptors (Lipinski definition) is 3. The Balaban J connectivity index is 2.37. The van der Waals surface area contributed by atoms with Crippen molar-refractivity contribution in [3.05, 3.63) is 36.8 Å². The van der Waals surface area contributed by atoms with Gasteiger partial charge in [-0.1, -0.05) is 12.1 Å². The van der Waals surface area contributed by atoms with Crippen molar-refractivity contribution in [2.45, 2.75) is 0 Å². The lowest BCUT2D eigenvalue weighted by Gasteiger charge is -2.01. The van der Waals surface area contributed by atoms with Crippen LogP contribution in [0, 0.1) is 0 Å². The molecule has 13 heavy (non-hydrogen) atoms. The Labute approximate surface area is 76.3 Å². The van der Waals surface area contributed by atoms with E-state index in [1.165, 1.54) is 12.5 Å². The van der Waals surface area contributed by atoms with Gasteiger partial charge in [-0.15, -0.1) is 0 Å². The molecule has 0 spiro atoms. The second-order valence-electron chi connectivity index (χ2n) is 2.50. The highest BCUT2D eigenvalue weighted by molar-refractivity contribution is 5.67. The van der Waals surface area contributed by atoms with E-state index >= 15 is 0 Å². The number of nitrogens with zero attached hydrogens (tertiary/aromatic N) is 1. The van der Waals surface area contributed by atoms with Crippen molar-refractivity contribution in [2.75, 3.05) is 6.61 Å². The fourth-order valence-electron chi connectivity index (χ4n) is 1.04. The quantitative estimate of drug-likeness (QED) is 0.605. The van der Waals surface area contributed by atoms with Gasteiger partial charge in [0.05, 0.1) is 0 Å². The van der Waals surface area contributed by atoms with Crippen molar-refractivity contribution in [1.29, 1.82) is 0 Å². The minimum Gasteiger partial charge on any atom is -0.492 e. The average Bonchev–Trinajstić information content (AvgIpc) is 2.28. The van der Waals surface area contributed by atoms with E-state index < -0.39 is 0 Å². The van der Waals surface area contributed by atoms with Crippen LogP contribution in [-0.4, -0.2) is 12.8 Å². The van der Waals surface area contributed by atoms with Crippen molar-refractivity contribution in [1.82, 2.24) is 0 Å². The van der Waals surface area contributed by atoms with Crippen LogP contribution >= 0.6 is 0 Å². The van der Waals surface area contributed by atoms with Crippen LogP contribution < -0.4 is 4.74 Å². The standard InChI is InChI=1S/C10H9NO2/c1-2-4-10-9(3-1)11-5-6-12-7-8-13-10/h1-5,7-8H,6H2. The summed E-state index contributed by atoms with van der Waals surface area (Å²) in [6.45, 7) is 0.466. The van der Waals surface area contributed by atoms with Gasteiger partial charge >= 0.3 is 0 Å². The Morgan fingerprint density at radius 1 is 1.15 bits per heavy atom. The van der Waals surface area contributed by atoms with Crippen molar-refractivity contribution < 1.29 is 9.47 Å². The zero-order chi connectivity index (χ0) is 8.93. The maximum atomic E-state index is 5.29. The second-order valence-corrected chi connectivity index (χ2v) is 2.50.